The van der Waals surface area contributed by atoms with Crippen molar-refractivity contribution >= 4 is 61.8 Å². The summed E-state index contributed by atoms with van der Waals surface area (Å²) in [6.45, 7) is 4.64. The molecule has 2 aliphatic heterocycles. The lowest BCUT2D eigenvalue weighted by atomic mass is 9.33. The highest BCUT2D eigenvalue weighted by Crippen LogP contribution is 2.52. The maximum absolute atomic E-state index is 5.27. The first-order valence-electron chi connectivity index (χ1n) is 20.4. The molecule has 0 amide bonds. The second-order valence-electron chi connectivity index (χ2n) is 16.1. The van der Waals surface area contributed by atoms with Crippen LogP contribution in [0.3, 0.4) is 0 Å². The summed E-state index contributed by atoms with van der Waals surface area (Å²) >= 11 is 0. The van der Waals surface area contributed by atoms with Gasteiger partial charge < -0.3 is 4.57 Å². The third-order valence-electron chi connectivity index (χ3n) is 13.2. The predicted molar refractivity (Wildman–Crippen MR) is 240 cm³/mol. The fourth-order valence-electron chi connectivity index (χ4n) is 10.9. The molecule has 14 rings (SSSR count). The molecular formula is C51H31BN8. The maximum Gasteiger partial charge on any atom is 0.252 e. The molecular weight excluding hydrogens is 735 g/mol. The van der Waals surface area contributed by atoms with E-state index in [2.05, 4.69) is 129 Å². The molecule has 3 aromatic carbocycles. The summed E-state index contributed by atoms with van der Waals surface area (Å²) in [6.07, 6.45) is 16.9. The molecule has 0 saturated carbocycles. The zero-order chi connectivity index (χ0) is 39.2. The zero-order valence-corrected chi connectivity index (χ0v) is 32.2. The molecule has 4 aliphatic rings. The summed E-state index contributed by atoms with van der Waals surface area (Å²) in [7, 11) is 0. The number of nitrogens with zero attached hydrogens (tertiary/aromatic N) is 8. The molecule has 278 valence electrons. The van der Waals surface area contributed by atoms with Gasteiger partial charge in [0, 0.05) is 105 Å². The molecule has 7 aromatic heterocycles. The standard InChI is InChI=1S/C51H31BN8/c1-29-12-8-19-36-47-41(29)42-34-18-10-22-57-50(34)58(32-15-6-3-7-16-32)51(42)60(47)40-27-31(49-55-23-11-24-56-49)26-39-44(40)52(36)37-20-25-54-45-43-33-17-9-21-53-38(33)28-35(30-13-4-2-5-14-30)46(43)59(39)48(37)45/h2-27,35H,1,28H2. The third kappa shape index (κ3) is 3.98. The molecule has 8 nitrogen and oxygen atoms in total. The molecule has 10 aromatic rings. The second kappa shape index (κ2) is 11.6. The smallest absolute Gasteiger partial charge is 0.252 e. The van der Waals surface area contributed by atoms with Gasteiger partial charge in [0.05, 0.1) is 16.7 Å². The first-order chi connectivity index (χ1) is 29.7. The first-order valence-corrected chi connectivity index (χ1v) is 20.4. The number of rotatable bonds is 3. The van der Waals surface area contributed by atoms with Crippen LogP contribution in [0.1, 0.15) is 34.1 Å². The molecule has 0 bridgehead atoms. The number of para-hydroxylation sites is 1. The fourth-order valence-corrected chi connectivity index (χ4v) is 10.9. The second-order valence-corrected chi connectivity index (χ2v) is 16.1. The van der Waals surface area contributed by atoms with E-state index in [4.69, 9.17) is 31.5 Å². The van der Waals surface area contributed by atoms with Gasteiger partial charge in [-0.05, 0) is 82.1 Å². The lowest BCUT2D eigenvalue weighted by Gasteiger charge is -2.37. The van der Waals surface area contributed by atoms with Gasteiger partial charge in [-0.25, -0.2) is 15.0 Å². The van der Waals surface area contributed by atoms with Crippen molar-refractivity contribution in [1.82, 2.24) is 38.6 Å². The lowest BCUT2D eigenvalue weighted by Crippen LogP contribution is -2.53. The van der Waals surface area contributed by atoms with Crippen LogP contribution < -0.4 is 10.9 Å². The van der Waals surface area contributed by atoms with E-state index in [1.165, 1.54) is 27.7 Å². The van der Waals surface area contributed by atoms with Gasteiger partial charge in [0.15, 0.2) is 5.82 Å². The van der Waals surface area contributed by atoms with Crippen LogP contribution in [-0.2, 0) is 6.42 Å². The van der Waals surface area contributed by atoms with Gasteiger partial charge in [-0.15, -0.1) is 0 Å². The van der Waals surface area contributed by atoms with Crippen molar-refractivity contribution in [2.75, 3.05) is 0 Å². The van der Waals surface area contributed by atoms with Crippen LogP contribution in [-0.4, -0.2) is 45.3 Å². The molecule has 0 radical (unpaired) electrons. The highest BCUT2D eigenvalue weighted by atomic mass is 15.2. The Kier molecular flexibility index (Phi) is 6.21. The molecule has 2 aliphatic carbocycles. The van der Waals surface area contributed by atoms with E-state index in [9.17, 15) is 0 Å². The van der Waals surface area contributed by atoms with Crippen LogP contribution in [0.5, 0.6) is 0 Å². The summed E-state index contributed by atoms with van der Waals surface area (Å²) in [4.78, 5) is 25.1. The van der Waals surface area contributed by atoms with Crippen molar-refractivity contribution in [2.45, 2.75) is 12.3 Å². The SMILES string of the molecule is C=C1C=CC=C2B3c4c(cc(-c5ncccn5)cc4-n4c2c1c1c2cccnc2n(-c2ccccc2)c14)-n1c2c(c4nccc3c41)-c1cccnc1CC2c1ccccc1. The Hall–Kier alpha value is -7.91. The van der Waals surface area contributed by atoms with E-state index in [0.29, 0.717) is 5.82 Å². The van der Waals surface area contributed by atoms with Crippen LogP contribution in [0.15, 0.2) is 165 Å². The molecule has 1 unspecified atom stereocenters. The first kappa shape index (κ1) is 32.1. The highest BCUT2D eigenvalue weighted by molar-refractivity contribution is 7.03. The van der Waals surface area contributed by atoms with Crippen molar-refractivity contribution in [2.24, 2.45) is 0 Å². The minimum Gasteiger partial charge on any atom is -0.312 e. The highest BCUT2D eigenvalue weighted by Gasteiger charge is 2.47. The van der Waals surface area contributed by atoms with E-state index in [0.717, 1.165) is 95.8 Å². The number of fused-ring (bicyclic) bond motifs is 14. The van der Waals surface area contributed by atoms with E-state index >= 15 is 0 Å². The molecule has 9 heterocycles. The van der Waals surface area contributed by atoms with E-state index in [1.807, 2.05) is 43.1 Å². The Morgan fingerprint density at radius 3 is 2.30 bits per heavy atom. The predicted octanol–water partition coefficient (Wildman–Crippen LogP) is 8.96. The van der Waals surface area contributed by atoms with Crippen molar-refractivity contribution < 1.29 is 0 Å². The monoisotopic (exact) mass is 766 g/mol. The van der Waals surface area contributed by atoms with Gasteiger partial charge in [-0.1, -0.05) is 79.4 Å². The van der Waals surface area contributed by atoms with E-state index in [1.54, 1.807) is 0 Å². The Bertz CT molecular complexity index is 3590. The largest absolute Gasteiger partial charge is 0.312 e. The third-order valence-corrected chi connectivity index (χ3v) is 13.2. The maximum atomic E-state index is 5.27. The summed E-state index contributed by atoms with van der Waals surface area (Å²) in [6, 6.07) is 38.8. The van der Waals surface area contributed by atoms with E-state index < -0.39 is 0 Å². The van der Waals surface area contributed by atoms with Gasteiger partial charge in [0.1, 0.15) is 11.3 Å². The normalized spacial score (nSPS) is 15.5. The van der Waals surface area contributed by atoms with Crippen LogP contribution in [0, 0.1) is 0 Å². The average Bonchev–Trinajstić information content (AvgIpc) is 3.92. The molecule has 1 atom stereocenters. The number of hydrogen-bond donors (Lipinski definition) is 0. The minimum atomic E-state index is -0.103. The van der Waals surface area contributed by atoms with Gasteiger partial charge in [-0.2, -0.15) is 0 Å². The van der Waals surface area contributed by atoms with Crippen LogP contribution in [0.2, 0.25) is 0 Å². The summed E-state index contributed by atoms with van der Waals surface area (Å²) in [5.41, 5.74) is 21.1. The van der Waals surface area contributed by atoms with Crippen molar-refractivity contribution in [3.63, 3.8) is 0 Å². The summed E-state index contributed by atoms with van der Waals surface area (Å²) in [5, 5.41) is 2.22. The average molecular weight is 767 g/mol. The van der Waals surface area contributed by atoms with Crippen molar-refractivity contribution in [1.29, 1.82) is 0 Å². The number of hydrogen-bond acceptors (Lipinski definition) is 5. The summed E-state index contributed by atoms with van der Waals surface area (Å²) < 4.78 is 7.38. The Morgan fingerprint density at radius 1 is 0.683 bits per heavy atom. The van der Waals surface area contributed by atoms with E-state index in [-0.39, 0.29) is 12.6 Å². The van der Waals surface area contributed by atoms with Crippen molar-refractivity contribution in [3.8, 4) is 39.6 Å². The van der Waals surface area contributed by atoms with Crippen LogP contribution in [0.25, 0.3) is 83.7 Å². The van der Waals surface area contributed by atoms with Gasteiger partial charge in [0.25, 0.3) is 6.71 Å². The quantitative estimate of drug-likeness (QED) is 0.168. The zero-order valence-electron chi connectivity index (χ0n) is 32.2. The molecule has 0 fully saturated rings. The topological polar surface area (TPSA) is 79.2 Å². The number of pyridine rings is 3. The molecule has 60 heavy (non-hydrogen) atoms. The number of allylic oxidation sites excluding steroid dienone is 4. The Labute approximate surface area is 344 Å². The summed E-state index contributed by atoms with van der Waals surface area (Å²) in [5.74, 6) is 0.706. The number of aromatic nitrogens is 8. The van der Waals surface area contributed by atoms with Crippen LogP contribution >= 0.6 is 0 Å². The molecule has 0 saturated heterocycles. The Morgan fingerprint density at radius 2 is 1.45 bits per heavy atom. The fraction of sp³-hybridized carbons (Fsp3) is 0.0392. The minimum absolute atomic E-state index is 0.0357. The molecule has 0 spiro atoms. The lowest BCUT2D eigenvalue weighted by molar-refractivity contribution is 0.729. The van der Waals surface area contributed by atoms with Gasteiger partial charge in [0.2, 0.25) is 0 Å². The Balaban J connectivity index is 1.21. The van der Waals surface area contributed by atoms with Crippen molar-refractivity contribution in [3.05, 3.63) is 193 Å². The van der Waals surface area contributed by atoms with Crippen LogP contribution in [0.4, 0.5) is 0 Å². The van der Waals surface area contributed by atoms with Gasteiger partial charge >= 0.3 is 0 Å². The van der Waals surface area contributed by atoms with Gasteiger partial charge in [-0.3, -0.25) is 19.1 Å². The number of benzene rings is 3. The molecule has 0 N–H and O–H groups in total. The molecule has 9 heteroatoms.